The molecule has 0 aromatic carbocycles. The van der Waals surface area contributed by atoms with Gasteiger partial charge in [-0.1, -0.05) is 6.92 Å². The van der Waals surface area contributed by atoms with Gasteiger partial charge in [-0.2, -0.15) is 4.31 Å². The van der Waals surface area contributed by atoms with Crippen LogP contribution in [-0.4, -0.2) is 37.3 Å². The van der Waals surface area contributed by atoms with E-state index in [4.69, 9.17) is 5.73 Å². The topological polar surface area (TPSA) is 76.3 Å². The number of rotatable bonds is 6. The predicted molar refractivity (Wildman–Crippen MR) is 62.3 cm³/mol. The monoisotopic (exact) mass is 261 g/mol. The van der Waals surface area contributed by atoms with Crippen LogP contribution in [0.25, 0.3) is 0 Å². The molecule has 0 aliphatic carbocycles. The molecule has 0 fully saturated rings. The molecular formula is C10H16FN3O2S. The summed E-state index contributed by atoms with van der Waals surface area (Å²) in [7, 11) is -3.86. The molecule has 0 atom stereocenters. The van der Waals surface area contributed by atoms with E-state index in [1.165, 1.54) is 16.6 Å². The van der Waals surface area contributed by atoms with Gasteiger partial charge in [-0.25, -0.2) is 17.8 Å². The Morgan fingerprint density at radius 2 is 2.24 bits per heavy atom. The van der Waals surface area contributed by atoms with Crippen molar-refractivity contribution in [1.29, 1.82) is 0 Å². The molecule has 0 bridgehead atoms. The highest BCUT2D eigenvalue weighted by molar-refractivity contribution is 7.89. The molecular weight excluding hydrogens is 245 g/mol. The van der Waals surface area contributed by atoms with E-state index in [1.54, 1.807) is 6.92 Å². The fraction of sp³-hybridized carbons (Fsp3) is 0.500. The van der Waals surface area contributed by atoms with Crippen LogP contribution in [0.1, 0.15) is 13.3 Å². The van der Waals surface area contributed by atoms with Gasteiger partial charge >= 0.3 is 0 Å². The molecule has 2 N–H and O–H groups in total. The number of nitrogens with zero attached hydrogens (tertiary/aromatic N) is 2. The third kappa shape index (κ3) is 3.21. The Hall–Kier alpha value is -1.05. The molecule has 1 aromatic heterocycles. The lowest BCUT2D eigenvalue weighted by Gasteiger charge is -2.19. The first kappa shape index (κ1) is 14.0. The molecule has 0 radical (unpaired) electrons. The SMILES string of the molecule is CCN(CCCN)S(=O)(=O)c1ncccc1F. The number of aromatic nitrogens is 1. The second-order valence-corrected chi connectivity index (χ2v) is 5.28. The van der Waals surface area contributed by atoms with E-state index < -0.39 is 20.9 Å². The van der Waals surface area contributed by atoms with Crippen molar-refractivity contribution < 1.29 is 12.8 Å². The number of nitrogens with two attached hydrogens (primary N) is 1. The average molecular weight is 261 g/mol. The summed E-state index contributed by atoms with van der Waals surface area (Å²) in [6.45, 7) is 2.61. The first-order valence-corrected chi connectivity index (χ1v) is 6.78. The molecule has 96 valence electrons. The second kappa shape index (κ2) is 6.04. The lowest BCUT2D eigenvalue weighted by Crippen LogP contribution is -2.33. The first-order valence-electron chi connectivity index (χ1n) is 5.34. The van der Waals surface area contributed by atoms with E-state index in [0.717, 1.165) is 6.07 Å². The van der Waals surface area contributed by atoms with Crippen molar-refractivity contribution in [3.05, 3.63) is 24.1 Å². The fourth-order valence-corrected chi connectivity index (χ4v) is 2.86. The Labute approximate surface area is 101 Å². The smallest absolute Gasteiger partial charge is 0.263 e. The minimum atomic E-state index is -3.86. The van der Waals surface area contributed by atoms with Gasteiger partial charge in [-0.05, 0) is 25.1 Å². The zero-order valence-electron chi connectivity index (χ0n) is 9.63. The van der Waals surface area contributed by atoms with Gasteiger partial charge in [0.05, 0.1) is 0 Å². The van der Waals surface area contributed by atoms with Crippen molar-refractivity contribution in [3.8, 4) is 0 Å². The zero-order valence-corrected chi connectivity index (χ0v) is 10.5. The maximum atomic E-state index is 13.4. The highest BCUT2D eigenvalue weighted by atomic mass is 32.2. The maximum Gasteiger partial charge on any atom is 0.263 e. The van der Waals surface area contributed by atoms with Crippen molar-refractivity contribution in [2.75, 3.05) is 19.6 Å². The molecule has 0 aliphatic heterocycles. The van der Waals surface area contributed by atoms with Crippen molar-refractivity contribution in [3.63, 3.8) is 0 Å². The van der Waals surface area contributed by atoms with Crippen LogP contribution in [0, 0.1) is 5.82 Å². The largest absolute Gasteiger partial charge is 0.330 e. The second-order valence-electron chi connectivity index (χ2n) is 3.43. The van der Waals surface area contributed by atoms with Crippen LogP contribution in [-0.2, 0) is 10.0 Å². The molecule has 0 unspecified atom stereocenters. The third-order valence-electron chi connectivity index (χ3n) is 2.27. The van der Waals surface area contributed by atoms with Gasteiger partial charge in [0.1, 0.15) is 0 Å². The summed E-state index contributed by atoms with van der Waals surface area (Å²) >= 11 is 0. The third-order valence-corrected chi connectivity index (χ3v) is 4.18. The van der Waals surface area contributed by atoms with Gasteiger partial charge in [0.15, 0.2) is 5.82 Å². The van der Waals surface area contributed by atoms with E-state index >= 15 is 0 Å². The molecule has 1 rings (SSSR count). The summed E-state index contributed by atoms with van der Waals surface area (Å²) in [6.07, 6.45) is 1.79. The van der Waals surface area contributed by atoms with Crippen LogP contribution in [0.5, 0.6) is 0 Å². The molecule has 0 saturated heterocycles. The van der Waals surface area contributed by atoms with Gasteiger partial charge in [-0.3, -0.25) is 0 Å². The Balaban J connectivity index is 3.05. The molecule has 0 amide bonds. The predicted octanol–water partition coefficient (Wildman–Crippen LogP) is 0.580. The molecule has 1 aromatic rings. The summed E-state index contributed by atoms with van der Waals surface area (Å²) in [4.78, 5) is 3.59. The van der Waals surface area contributed by atoms with Crippen molar-refractivity contribution in [1.82, 2.24) is 9.29 Å². The van der Waals surface area contributed by atoms with E-state index in [1.807, 2.05) is 0 Å². The minimum absolute atomic E-state index is 0.262. The molecule has 17 heavy (non-hydrogen) atoms. The Bertz CT molecular complexity index is 464. The molecule has 1 heterocycles. The Morgan fingerprint density at radius 3 is 2.76 bits per heavy atom. The van der Waals surface area contributed by atoms with Crippen LogP contribution >= 0.6 is 0 Å². The van der Waals surface area contributed by atoms with Gasteiger partial charge < -0.3 is 5.73 Å². The number of pyridine rings is 1. The molecule has 0 saturated carbocycles. The maximum absolute atomic E-state index is 13.4. The Morgan fingerprint density at radius 1 is 1.53 bits per heavy atom. The van der Waals surface area contributed by atoms with Crippen molar-refractivity contribution in [2.45, 2.75) is 18.4 Å². The van der Waals surface area contributed by atoms with Crippen LogP contribution in [0.2, 0.25) is 0 Å². The van der Waals surface area contributed by atoms with E-state index in [9.17, 15) is 12.8 Å². The quantitative estimate of drug-likeness (QED) is 0.812. The summed E-state index contributed by atoms with van der Waals surface area (Å²) in [6, 6.07) is 2.43. The lowest BCUT2D eigenvalue weighted by atomic mass is 10.4. The summed E-state index contributed by atoms with van der Waals surface area (Å²) in [5.74, 6) is -0.835. The summed E-state index contributed by atoms with van der Waals surface area (Å²) in [5, 5.41) is -0.529. The highest BCUT2D eigenvalue weighted by Gasteiger charge is 2.26. The van der Waals surface area contributed by atoms with Gasteiger partial charge in [0, 0.05) is 19.3 Å². The zero-order chi connectivity index (χ0) is 12.9. The van der Waals surface area contributed by atoms with E-state index in [0.29, 0.717) is 13.0 Å². The standard InChI is InChI=1S/C10H16FN3O2S/c1-2-14(8-4-6-12)17(15,16)10-9(11)5-3-7-13-10/h3,5,7H,2,4,6,8,12H2,1H3. The molecule has 5 nitrogen and oxygen atoms in total. The van der Waals surface area contributed by atoms with Crippen LogP contribution in [0.4, 0.5) is 4.39 Å². The Kier molecular flexibility index (Phi) is 4.98. The van der Waals surface area contributed by atoms with Crippen molar-refractivity contribution >= 4 is 10.0 Å². The number of sulfonamides is 1. The number of hydrogen-bond acceptors (Lipinski definition) is 4. The fourth-order valence-electron chi connectivity index (χ4n) is 1.40. The van der Waals surface area contributed by atoms with Crippen molar-refractivity contribution in [2.24, 2.45) is 5.73 Å². The summed E-state index contributed by atoms with van der Waals surface area (Å²) < 4.78 is 38.7. The highest BCUT2D eigenvalue weighted by Crippen LogP contribution is 2.16. The molecule has 0 spiro atoms. The van der Waals surface area contributed by atoms with Gasteiger partial charge in [0.2, 0.25) is 5.03 Å². The normalized spacial score (nSPS) is 12.0. The average Bonchev–Trinajstić information content (AvgIpc) is 2.30. The van der Waals surface area contributed by atoms with E-state index in [2.05, 4.69) is 4.98 Å². The first-order chi connectivity index (χ1) is 8.04. The minimum Gasteiger partial charge on any atom is -0.330 e. The van der Waals surface area contributed by atoms with Gasteiger partial charge in [-0.15, -0.1) is 0 Å². The number of hydrogen-bond donors (Lipinski definition) is 1. The molecule has 7 heteroatoms. The lowest BCUT2D eigenvalue weighted by molar-refractivity contribution is 0.415. The van der Waals surface area contributed by atoms with Gasteiger partial charge in [0.25, 0.3) is 10.0 Å². The summed E-state index contributed by atoms with van der Waals surface area (Å²) in [5.41, 5.74) is 5.33. The van der Waals surface area contributed by atoms with Crippen LogP contribution < -0.4 is 5.73 Å². The van der Waals surface area contributed by atoms with Crippen LogP contribution in [0.15, 0.2) is 23.4 Å². The molecule has 0 aliphatic rings. The van der Waals surface area contributed by atoms with E-state index in [-0.39, 0.29) is 13.1 Å². The van der Waals surface area contributed by atoms with Crippen LogP contribution in [0.3, 0.4) is 0 Å². The number of halogens is 1.